The van der Waals surface area contributed by atoms with Crippen molar-refractivity contribution in [1.29, 1.82) is 0 Å². The summed E-state index contributed by atoms with van der Waals surface area (Å²) in [7, 11) is 0. The van der Waals surface area contributed by atoms with Gasteiger partial charge in [-0.2, -0.15) is 0 Å². The van der Waals surface area contributed by atoms with Gasteiger partial charge in [-0.15, -0.1) is 11.3 Å². The first-order valence-electron chi connectivity index (χ1n) is 19.3. The van der Waals surface area contributed by atoms with Crippen molar-refractivity contribution in [2.24, 2.45) is 5.73 Å². The predicted molar refractivity (Wildman–Crippen MR) is 237 cm³/mol. The van der Waals surface area contributed by atoms with Crippen LogP contribution in [0, 0.1) is 0 Å². The van der Waals surface area contributed by atoms with Crippen LogP contribution in [0.25, 0.3) is 86.3 Å². The highest BCUT2D eigenvalue weighted by atomic mass is 32.1. The number of rotatable bonds is 9. The van der Waals surface area contributed by atoms with Gasteiger partial charge in [-0.25, -0.2) is 0 Å². The fraction of sp³-hybridized carbons (Fsp3) is 0.0588. The van der Waals surface area contributed by atoms with Gasteiger partial charge in [0.25, 0.3) is 0 Å². The van der Waals surface area contributed by atoms with Crippen molar-refractivity contribution < 1.29 is 8.83 Å². The minimum atomic E-state index is -0.394. The lowest BCUT2D eigenvalue weighted by atomic mass is 9.98. The Morgan fingerprint density at radius 2 is 1.11 bits per heavy atom. The Hall–Kier alpha value is -6.54. The molecule has 2 atom stereocenters. The second-order valence-corrected chi connectivity index (χ2v) is 15.8. The maximum Gasteiger partial charge on any atom is 0.143 e. The van der Waals surface area contributed by atoms with E-state index in [1.54, 1.807) is 0 Å². The van der Waals surface area contributed by atoms with Crippen LogP contribution in [0.1, 0.15) is 29.0 Å². The highest BCUT2D eigenvalue weighted by Gasteiger charge is 2.22. The molecule has 0 saturated carbocycles. The standard InChI is InChI=1S/C51H37N3O2S/c52-50(32-14-5-2-6-15-32)54-51(53-30-31-12-3-1-4-13-31)42-22-11-21-41-43-28-33(25-27-44(43)55-49(41)42)35-17-9-19-39-40-20-10-18-36(48(40)56-47(35)39)34-24-26-38-37-16-7-8-23-45(37)57-46(38)29-34/h1-29,50-51,53-54H,30,52H2. The van der Waals surface area contributed by atoms with Crippen molar-refractivity contribution in [3.05, 3.63) is 193 Å². The molecule has 0 aliphatic carbocycles. The Morgan fingerprint density at radius 1 is 0.491 bits per heavy atom. The van der Waals surface area contributed by atoms with Crippen molar-refractivity contribution in [3.8, 4) is 22.3 Å². The number of hydrogen-bond donors (Lipinski definition) is 3. The first kappa shape index (κ1) is 33.8. The first-order valence-corrected chi connectivity index (χ1v) is 20.1. The number of hydrogen-bond acceptors (Lipinski definition) is 6. The molecule has 0 fully saturated rings. The zero-order valence-corrected chi connectivity index (χ0v) is 31.7. The van der Waals surface area contributed by atoms with Crippen LogP contribution in [0.4, 0.5) is 0 Å². The molecule has 6 heteroatoms. The van der Waals surface area contributed by atoms with E-state index >= 15 is 0 Å². The van der Waals surface area contributed by atoms with E-state index in [1.807, 2.05) is 47.7 Å². The van der Waals surface area contributed by atoms with Gasteiger partial charge in [0.1, 0.15) is 22.3 Å². The van der Waals surface area contributed by atoms with Crippen LogP contribution < -0.4 is 16.4 Å². The van der Waals surface area contributed by atoms with Gasteiger partial charge >= 0.3 is 0 Å². The molecule has 0 radical (unpaired) electrons. The summed E-state index contributed by atoms with van der Waals surface area (Å²) < 4.78 is 16.2. The van der Waals surface area contributed by atoms with Gasteiger partial charge in [-0.1, -0.05) is 152 Å². The number of thiophene rings is 1. The molecular weight excluding hydrogens is 719 g/mol. The van der Waals surface area contributed by atoms with Crippen LogP contribution in [0.2, 0.25) is 0 Å². The van der Waals surface area contributed by atoms with Crippen LogP contribution in [-0.4, -0.2) is 0 Å². The molecule has 8 aromatic carbocycles. The average Bonchev–Trinajstić information content (AvgIpc) is 3.96. The van der Waals surface area contributed by atoms with Crippen molar-refractivity contribution in [1.82, 2.24) is 10.6 Å². The number of furan rings is 2. The summed E-state index contributed by atoms with van der Waals surface area (Å²) in [6.07, 6.45) is -0.684. The lowest BCUT2D eigenvalue weighted by molar-refractivity contribution is 0.385. The number of fused-ring (bicyclic) bond motifs is 9. The summed E-state index contributed by atoms with van der Waals surface area (Å²) in [5.74, 6) is 0. The Balaban J connectivity index is 0.995. The quantitative estimate of drug-likeness (QED) is 0.128. The van der Waals surface area contributed by atoms with Gasteiger partial charge in [0.15, 0.2) is 0 Å². The molecule has 2 unspecified atom stereocenters. The van der Waals surface area contributed by atoms with Gasteiger partial charge in [0.05, 0.1) is 12.3 Å². The highest BCUT2D eigenvalue weighted by Crippen LogP contribution is 2.43. The molecule has 0 bridgehead atoms. The van der Waals surface area contributed by atoms with Gasteiger partial charge in [-0.3, -0.25) is 10.6 Å². The smallest absolute Gasteiger partial charge is 0.143 e. The molecule has 0 amide bonds. The van der Waals surface area contributed by atoms with E-state index in [9.17, 15) is 0 Å². The molecule has 57 heavy (non-hydrogen) atoms. The van der Waals surface area contributed by atoms with E-state index < -0.39 is 6.17 Å². The van der Waals surface area contributed by atoms with Crippen molar-refractivity contribution in [2.75, 3.05) is 0 Å². The summed E-state index contributed by atoms with van der Waals surface area (Å²) in [4.78, 5) is 0. The van der Waals surface area contributed by atoms with E-state index in [0.717, 1.165) is 77.3 Å². The highest BCUT2D eigenvalue weighted by molar-refractivity contribution is 7.25. The fourth-order valence-corrected chi connectivity index (χ4v) is 9.54. The molecule has 11 rings (SSSR count). The number of para-hydroxylation sites is 3. The van der Waals surface area contributed by atoms with Crippen LogP contribution in [0.15, 0.2) is 185 Å². The van der Waals surface area contributed by atoms with Gasteiger partial charge < -0.3 is 14.6 Å². The molecule has 3 heterocycles. The summed E-state index contributed by atoms with van der Waals surface area (Å²) in [5.41, 5.74) is 17.7. The number of benzene rings is 8. The average molecular weight is 756 g/mol. The molecular formula is C51H37N3O2S. The molecule has 4 N–H and O–H groups in total. The number of nitrogens with one attached hydrogen (secondary N) is 2. The molecule has 0 aliphatic rings. The van der Waals surface area contributed by atoms with E-state index in [4.69, 9.17) is 14.6 Å². The second kappa shape index (κ2) is 13.9. The third-order valence-electron chi connectivity index (χ3n) is 11.2. The maximum absolute atomic E-state index is 6.91. The predicted octanol–water partition coefficient (Wildman–Crippen LogP) is 13.2. The summed E-state index contributed by atoms with van der Waals surface area (Å²) in [6, 6.07) is 61.7. The normalized spacial score (nSPS) is 13.1. The SMILES string of the molecule is NC(NC(NCc1ccccc1)c1cccc2c1oc1ccc(-c3cccc4c3oc3c(-c5ccc6c(c5)sc5ccccc56)cccc34)cc12)c1ccccc1. The molecule has 5 nitrogen and oxygen atoms in total. The molecule has 274 valence electrons. The lowest BCUT2D eigenvalue weighted by Gasteiger charge is -2.25. The molecule has 0 spiro atoms. The van der Waals surface area contributed by atoms with Crippen LogP contribution in [0.5, 0.6) is 0 Å². The summed E-state index contributed by atoms with van der Waals surface area (Å²) in [6.45, 7) is 0.656. The second-order valence-electron chi connectivity index (χ2n) is 14.7. The Labute approximate surface area is 333 Å². The Kier molecular flexibility index (Phi) is 8.23. The monoisotopic (exact) mass is 755 g/mol. The number of nitrogens with two attached hydrogens (primary N) is 1. The van der Waals surface area contributed by atoms with Crippen LogP contribution in [-0.2, 0) is 6.54 Å². The fourth-order valence-electron chi connectivity index (χ4n) is 8.39. The van der Waals surface area contributed by atoms with Gasteiger partial charge in [0.2, 0.25) is 0 Å². The molecule has 0 saturated heterocycles. The van der Waals surface area contributed by atoms with Crippen molar-refractivity contribution in [2.45, 2.75) is 18.9 Å². The Morgan fingerprint density at radius 3 is 1.88 bits per heavy atom. The van der Waals surface area contributed by atoms with Crippen molar-refractivity contribution >= 4 is 75.4 Å². The summed E-state index contributed by atoms with van der Waals surface area (Å²) >= 11 is 1.84. The topological polar surface area (TPSA) is 76.4 Å². The van der Waals surface area contributed by atoms with E-state index in [0.29, 0.717) is 6.54 Å². The maximum atomic E-state index is 6.91. The van der Waals surface area contributed by atoms with Gasteiger partial charge in [0, 0.05) is 65.0 Å². The molecule has 3 aromatic heterocycles. The van der Waals surface area contributed by atoms with Crippen molar-refractivity contribution in [3.63, 3.8) is 0 Å². The van der Waals surface area contributed by atoms with Crippen LogP contribution >= 0.6 is 11.3 Å². The first-order chi connectivity index (χ1) is 28.2. The minimum absolute atomic E-state index is 0.290. The zero-order valence-electron chi connectivity index (χ0n) is 30.9. The van der Waals surface area contributed by atoms with Gasteiger partial charge in [-0.05, 0) is 46.5 Å². The minimum Gasteiger partial charge on any atom is -0.456 e. The third kappa shape index (κ3) is 5.90. The van der Waals surface area contributed by atoms with E-state index in [2.05, 4.69) is 150 Å². The third-order valence-corrected chi connectivity index (χ3v) is 12.4. The molecule has 0 aliphatic heterocycles. The zero-order chi connectivity index (χ0) is 37.9. The van der Waals surface area contributed by atoms with E-state index in [-0.39, 0.29) is 6.17 Å². The lowest BCUT2D eigenvalue weighted by Crippen LogP contribution is -2.39. The summed E-state index contributed by atoms with van der Waals surface area (Å²) in [5, 5.41) is 14.3. The Bertz CT molecular complexity index is 3250. The van der Waals surface area contributed by atoms with Crippen LogP contribution in [0.3, 0.4) is 0 Å². The van der Waals surface area contributed by atoms with E-state index in [1.165, 1.54) is 25.7 Å². The largest absolute Gasteiger partial charge is 0.456 e. The molecule has 11 aromatic rings.